The van der Waals surface area contributed by atoms with Gasteiger partial charge in [0.05, 0.1) is 23.4 Å². The number of carboxylic acid groups (broad SMARTS) is 1. The number of carbonyl (C=O) groups excluding carboxylic acids is 1. The predicted octanol–water partition coefficient (Wildman–Crippen LogP) is 2.99. The van der Waals surface area contributed by atoms with E-state index >= 15 is 0 Å². The van der Waals surface area contributed by atoms with Crippen LogP contribution in [0.4, 0.5) is 5.69 Å². The minimum Gasteiger partial charge on any atom is -0.488 e. The lowest BCUT2D eigenvalue weighted by molar-refractivity contribution is -0.147. The van der Waals surface area contributed by atoms with Crippen LogP contribution in [0.1, 0.15) is 30.4 Å². The van der Waals surface area contributed by atoms with Crippen molar-refractivity contribution in [2.24, 2.45) is 5.14 Å². The highest BCUT2D eigenvalue weighted by Gasteiger charge is 2.42. The number of nitrogens with one attached hydrogen (secondary N) is 2. The van der Waals surface area contributed by atoms with Crippen LogP contribution in [0.25, 0.3) is 0 Å². The molecular formula is C31H36ClN4O10PS2. The van der Waals surface area contributed by atoms with E-state index in [1.165, 1.54) is 6.07 Å². The normalized spacial score (nSPS) is 21.3. The van der Waals surface area contributed by atoms with Crippen LogP contribution in [0.3, 0.4) is 0 Å². The van der Waals surface area contributed by atoms with Gasteiger partial charge in [-0.15, -0.1) is 0 Å². The van der Waals surface area contributed by atoms with E-state index in [-0.39, 0.29) is 41.2 Å². The maximum Gasteiger partial charge on any atom is 0.326 e. The zero-order valence-electron chi connectivity index (χ0n) is 26.1. The summed E-state index contributed by atoms with van der Waals surface area (Å²) in [5, 5.41) is 17.7. The molecule has 2 aliphatic heterocycles. The van der Waals surface area contributed by atoms with Crippen molar-refractivity contribution in [2.75, 3.05) is 24.2 Å². The minimum atomic E-state index is -4.26. The van der Waals surface area contributed by atoms with Crippen LogP contribution in [0.5, 0.6) is 5.75 Å². The van der Waals surface area contributed by atoms with Crippen LogP contribution in [0, 0.1) is 0 Å². The fourth-order valence-electron chi connectivity index (χ4n) is 5.89. The number of hydrogen-bond acceptors (Lipinski definition) is 9. The van der Waals surface area contributed by atoms with Gasteiger partial charge in [-0.3, -0.25) is 9.36 Å². The zero-order chi connectivity index (χ0) is 35.6. The van der Waals surface area contributed by atoms with Gasteiger partial charge in [0.1, 0.15) is 33.8 Å². The van der Waals surface area contributed by atoms with E-state index in [1.807, 2.05) is 30.3 Å². The summed E-state index contributed by atoms with van der Waals surface area (Å²) >= 11 is 6.05. The van der Waals surface area contributed by atoms with Crippen LogP contribution < -0.4 is 19.9 Å². The molecule has 3 aromatic carbocycles. The third-order valence-electron chi connectivity index (χ3n) is 8.24. The molecule has 1 fully saturated rings. The van der Waals surface area contributed by atoms with Crippen LogP contribution in [0.15, 0.2) is 76.5 Å². The van der Waals surface area contributed by atoms with Gasteiger partial charge in [-0.25, -0.2) is 26.8 Å². The maximum absolute atomic E-state index is 13.0. The molecule has 3 aromatic rings. The number of halogens is 1. The lowest BCUT2D eigenvalue weighted by atomic mass is 10.1. The Labute approximate surface area is 289 Å². The number of carboxylic acids is 1. The van der Waals surface area contributed by atoms with Crippen molar-refractivity contribution < 1.29 is 45.7 Å². The Morgan fingerprint density at radius 1 is 1.06 bits per heavy atom. The summed E-state index contributed by atoms with van der Waals surface area (Å²) in [6, 6.07) is 17.2. The Bertz CT molecular complexity index is 1980. The number of ether oxygens (including phenoxy) is 1. The van der Waals surface area contributed by atoms with Gasteiger partial charge in [0, 0.05) is 19.0 Å². The zero-order valence-corrected chi connectivity index (χ0v) is 29.3. The summed E-state index contributed by atoms with van der Waals surface area (Å²) in [5.74, 6) is -1.58. The average molecular weight is 755 g/mol. The van der Waals surface area contributed by atoms with Gasteiger partial charge >= 0.3 is 5.97 Å². The van der Waals surface area contributed by atoms with Crippen LogP contribution in [-0.2, 0) is 47.0 Å². The number of primary sulfonamides is 1. The molecule has 0 radical (unpaired) electrons. The van der Waals surface area contributed by atoms with Gasteiger partial charge in [0.2, 0.25) is 33.3 Å². The first-order valence-electron chi connectivity index (χ1n) is 15.3. The molecule has 14 nitrogen and oxygen atoms in total. The number of nitrogens with two attached hydrogens (primary N) is 1. The first kappa shape index (κ1) is 36.8. The Balaban J connectivity index is 1.16. The molecule has 0 bridgehead atoms. The van der Waals surface area contributed by atoms with E-state index in [0.29, 0.717) is 24.2 Å². The Hall–Kier alpha value is -3.50. The second kappa shape index (κ2) is 14.8. The molecular weight excluding hydrogens is 719 g/mol. The molecule has 0 saturated carbocycles. The monoisotopic (exact) mass is 754 g/mol. The first-order chi connectivity index (χ1) is 23.0. The van der Waals surface area contributed by atoms with Gasteiger partial charge < -0.3 is 25.0 Å². The lowest BCUT2D eigenvalue weighted by Crippen LogP contribution is -2.46. The highest BCUT2D eigenvalue weighted by Crippen LogP contribution is 2.42. The molecule has 0 aliphatic carbocycles. The fraction of sp³-hybridized carbons (Fsp3) is 0.355. The largest absolute Gasteiger partial charge is 0.488 e. The highest BCUT2D eigenvalue weighted by molar-refractivity contribution is 7.90. The van der Waals surface area contributed by atoms with Gasteiger partial charge in [-0.2, -0.15) is 4.72 Å². The molecule has 2 aliphatic rings. The van der Waals surface area contributed by atoms with Gasteiger partial charge in [0.25, 0.3) is 0 Å². The summed E-state index contributed by atoms with van der Waals surface area (Å²) < 4.78 is 70.6. The van der Waals surface area contributed by atoms with Crippen molar-refractivity contribution in [3.05, 3.63) is 82.9 Å². The number of hydrogen-bond donors (Lipinski definition) is 5. The second-order valence-corrected chi connectivity index (χ2v) is 18.1. The Kier molecular flexibility index (Phi) is 11.1. The molecule has 2 unspecified atom stereocenters. The van der Waals surface area contributed by atoms with Crippen molar-refractivity contribution >= 4 is 56.6 Å². The molecule has 49 heavy (non-hydrogen) atoms. The highest BCUT2D eigenvalue weighted by atomic mass is 35.5. The van der Waals surface area contributed by atoms with Crippen molar-refractivity contribution in [1.82, 2.24) is 9.62 Å². The number of rotatable bonds is 13. The summed E-state index contributed by atoms with van der Waals surface area (Å²) in [7, 11) is -12.2. The van der Waals surface area contributed by atoms with Crippen LogP contribution >= 0.6 is 19.0 Å². The fourth-order valence-corrected chi connectivity index (χ4v) is 9.87. The molecule has 2 heterocycles. The third kappa shape index (κ3) is 9.39. The Morgan fingerprint density at radius 3 is 2.41 bits per heavy atom. The predicted molar refractivity (Wildman–Crippen MR) is 182 cm³/mol. The minimum absolute atomic E-state index is 0.0153. The topological polar surface area (TPSA) is 222 Å². The molecule has 1 amide bonds. The molecule has 5 rings (SSSR count). The third-order valence-corrected chi connectivity index (χ3v) is 12.9. The number of aryl methyl sites for hydroxylation is 1. The number of unbranched alkanes of at least 4 members (excludes halogenated alkanes) is 1. The van der Waals surface area contributed by atoms with Gasteiger partial charge in [-0.1, -0.05) is 54.1 Å². The Morgan fingerprint density at radius 2 is 1.76 bits per heavy atom. The molecule has 4 atom stereocenters. The number of sulfonamides is 2. The van der Waals surface area contributed by atoms with Gasteiger partial charge in [-0.05, 0) is 54.7 Å². The molecule has 0 spiro atoms. The van der Waals surface area contributed by atoms with E-state index < -0.39 is 68.7 Å². The smallest absolute Gasteiger partial charge is 0.326 e. The van der Waals surface area contributed by atoms with Crippen molar-refractivity contribution in [3.63, 3.8) is 0 Å². The quantitative estimate of drug-likeness (QED) is 0.126. The second-order valence-electron chi connectivity index (χ2n) is 12.0. The van der Waals surface area contributed by atoms with Crippen molar-refractivity contribution in [2.45, 2.75) is 60.2 Å². The standard InChI is InChI=1S/C31H36ClN4O10PS2/c32-24-16-25-28(17-27(24)48(33,42)43)49(44,45)35-29(34-25)14-21-9-11-22(12-10-21)46-23-15-26(31(38)39)36(18-23)30(37)19-47(40,41)13-5-4-8-20-6-2-1-3-7-20/h1-3,6-7,9-12,16-17,23,26,29,34-35H,4-5,8,13-15,18-19H2,(H,38,39)(H,40,41)(H2,33,42,43)/t23-,26-,29?/m0/s1. The molecule has 6 N–H and O–H groups in total. The molecule has 0 aromatic heterocycles. The van der Waals surface area contributed by atoms with Crippen LogP contribution in [-0.4, -0.2) is 80.8 Å². The van der Waals surface area contributed by atoms with Crippen molar-refractivity contribution in [1.29, 1.82) is 0 Å². The average Bonchev–Trinajstić information content (AvgIpc) is 3.44. The molecule has 1 saturated heterocycles. The summed E-state index contributed by atoms with van der Waals surface area (Å²) in [4.78, 5) is 35.8. The number of anilines is 1. The van der Waals surface area contributed by atoms with Crippen LogP contribution in [0.2, 0.25) is 5.02 Å². The number of nitrogens with zero attached hydrogens (tertiary/aromatic N) is 1. The SMILES string of the molecule is NS(=O)(=O)c1cc2c(cc1Cl)NC(Cc1ccc(O[C@H]3C[C@@H](C(=O)O)N(C(=O)CP(=O)(O)CCCCc4ccccc4)C3)cc1)NS2(=O)=O. The van der Waals surface area contributed by atoms with Gasteiger partial charge in [0.15, 0.2) is 0 Å². The number of amides is 1. The summed E-state index contributed by atoms with van der Waals surface area (Å²) in [6.45, 7) is -0.0749. The van der Waals surface area contributed by atoms with Crippen molar-refractivity contribution in [3.8, 4) is 5.75 Å². The summed E-state index contributed by atoms with van der Waals surface area (Å²) in [5.41, 5.74) is 1.91. The maximum atomic E-state index is 13.0. The number of likely N-dealkylation sites (tertiary alicyclic amines) is 1. The van der Waals surface area contributed by atoms with E-state index in [9.17, 15) is 41.0 Å². The number of fused-ring (bicyclic) bond motifs is 1. The lowest BCUT2D eigenvalue weighted by Gasteiger charge is -2.28. The van der Waals surface area contributed by atoms with E-state index in [1.54, 1.807) is 24.3 Å². The molecule has 18 heteroatoms. The van der Waals surface area contributed by atoms with E-state index in [0.717, 1.165) is 23.0 Å². The number of aliphatic carboxylic acids is 1. The first-order valence-corrected chi connectivity index (χ1v) is 20.7. The van der Waals surface area contributed by atoms with E-state index in [2.05, 4.69) is 10.0 Å². The molecule has 264 valence electrons. The summed E-state index contributed by atoms with van der Waals surface area (Å²) in [6.07, 6.45) is -0.146. The number of benzene rings is 3. The number of carbonyl (C=O) groups is 2. The van der Waals surface area contributed by atoms with E-state index in [4.69, 9.17) is 21.5 Å².